The normalized spacial score (nSPS) is 11.8. The number of nitrogens with one attached hydrogen (secondary N) is 1. The van der Waals surface area contributed by atoms with Gasteiger partial charge in [-0.15, -0.1) is 0 Å². The Morgan fingerprint density at radius 1 is 1.30 bits per heavy atom. The first-order valence-electron chi connectivity index (χ1n) is 7.15. The van der Waals surface area contributed by atoms with Crippen molar-refractivity contribution in [2.45, 2.75) is 26.4 Å². The molecule has 2 N–H and O–H groups in total. The Kier molecular flexibility index (Phi) is 4.74. The first kappa shape index (κ1) is 16.6. The van der Waals surface area contributed by atoms with Gasteiger partial charge < -0.3 is 19.6 Å². The molecule has 0 aliphatic heterocycles. The number of carboxylic acid groups (broad SMARTS) is 1. The molecule has 2 rings (SSSR count). The van der Waals surface area contributed by atoms with Crippen LogP contribution in [0.3, 0.4) is 0 Å². The van der Waals surface area contributed by atoms with Gasteiger partial charge >= 0.3 is 12.1 Å². The van der Waals surface area contributed by atoms with E-state index < -0.39 is 17.7 Å². The van der Waals surface area contributed by atoms with Crippen molar-refractivity contribution < 1.29 is 23.8 Å². The highest BCUT2D eigenvalue weighted by Gasteiger charge is 2.15. The van der Waals surface area contributed by atoms with Crippen molar-refractivity contribution >= 4 is 29.1 Å². The third-order valence-corrected chi connectivity index (χ3v) is 2.82. The lowest BCUT2D eigenvalue weighted by Gasteiger charge is -2.19. The molecule has 2 aromatic rings. The van der Waals surface area contributed by atoms with Crippen LogP contribution < -0.4 is 5.32 Å². The minimum Gasteiger partial charge on any atom is -0.475 e. The minimum atomic E-state index is -1.10. The second-order valence-electron chi connectivity index (χ2n) is 6.00. The number of alkyl carbamates (subject to hydrolysis) is 1. The average molecular weight is 317 g/mol. The molecule has 1 aromatic carbocycles. The average Bonchev–Trinajstić information content (AvgIpc) is 2.85. The molecule has 0 aliphatic carbocycles. The van der Waals surface area contributed by atoms with Gasteiger partial charge in [0, 0.05) is 11.9 Å². The Bertz CT molecular complexity index is 752. The molecular weight excluding hydrogens is 298 g/mol. The van der Waals surface area contributed by atoms with E-state index in [9.17, 15) is 9.59 Å². The number of benzene rings is 1. The predicted octanol–water partition coefficient (Wildman–Crippen LogP) is 3.67. The molecule has 23 heavy (non-hydrogen) atoms. The van der Waals surface area contributed by atoms with Gasteiger partial charge in [0.1, 0.15) is 11.2 Å². The van der Waals surface area contributed by atoms with Crippen LogP contribution in [0.1, 0.15) is 36.9 Å². The first-order valence-corrected chi connectivity index (χ1v) is 7.15. The Morgan fingerprint density at radius 3 is 2.70 bits per heavy atom. The summed E-state index contributed by atoms with van der Waals surface area (Å²) in [7, 11) is 0. The summed E-state index contributed by atoms with van der Waals surface area (Å²) in [5.74, 6) is -1.19. The summed E-state index contributed by atoms with van der Waals surface area (Å²) >= 11 is 0. The lowest BCUT2D eigenvalue weighted by molar-refractivity contribution is 0.0533. The minimum absolute atomic E-state index is 0.0901. The third kappa shape index (κ3) is 4.88. The molecule has 0 fully saturated rings. The number of ether oxygens (including phenoxy) is 1. The quantitative estimate of drug-likeness (QED) is 0.898. The summed E-state index contributed by atoms with van der Waals surface area (Å²) in [6, 6.07) is 6.81. The highest BCUT2D eigenvalue weighted by atomic mass is 16.6. The zero-order chi connectivity index (χ0) is 17.0. The van der Waals surface area contributed by atoms with Gasteiger partial charge in [-0.3, -0.25) is 0 Å². The Balaban J connectivity index is 1.96. The molecule has 0 atom stereocenters. The van der Waals surface area contributed by atoms with Crippen LogP contribution in [0.2, 0.25) is 0 Å². The van der Waals surface area contributed by atoms with E-state index in [4.69, 9.17) is 14.3 Å². The van der Waals surface area contributed by atoms with Crippen LogP contribution in [0, 0.1) is 0 Å². The molecular formula is C17H19NO5. The summed E-state index contributed by atoms with van der Waals surface area (Å²) < 4.78 is 10.3. The van der Waals surface area contributed by atoms with E-state index in [-0.39, 0.29) is 5.76 Å². The van der Waals surface area contributed by atoms with Gasteiger partial charge in [-0.1, -0.05) is 18.2 Å². The van der Waals surface area contributed by atoms with E-state index in [1.165, 1.54) is 6.07 Å². The molecule has 0 saturated carbocycles. The van der Waals surface area contributed by atoms with Crippen molar-refractivity contribution in [2.75, 3.05) is 6.54 Å². The van der Waals surface area contributed by atoms with Gasteiger partial charge in [0.15, 0.2) is 0 Å². The molecule has 6 nitrogen and oxygen atoms in total. The number of fused-ring (bicyclic) bond motifs is 1. The van der Waals surface area contributed by atoms with Crippen molar-refractivity contribution in [1.82, 2.24) is 5.32 Å². The molecule has 1 heterocycles. The zero-order valence-electron chi connectivity index (χ0n) is 13.3. The molecule has 122 valence electrons. The molecule has 1 aromatic heterocycles. The Labute approximate surface area is 133 Å². The van der Waals surface area contributed by atoms with Gasteiger partial charge in [0.2, 0.25) is 5.76 Å². The molecule has 0 radical (unpaired) electrons. The highest BCUT2D eigenvalue weighted by molar-refractivity contribution is 5.92. The maximum absolute atomic E-state index is 11.5. The van der Waals surface area contributed by atoms with Gasteiger partial charge in [0.25, 0.3) is 0 Å². The largest absolute Gasteiger partial charge is 0.475 e. The predicted molar refractivity (Wildman–Crippen MR) is 86.4 cm³/mol. The smallest absolute Gasteiger partial charge is 0.407 e. The zero-order valence-corrected chi connectivity index (χ0v) is 13.3. The van der Waals surface area contributed by atoms with Crippen molar-refractivity contribution in [3.63, 3.8) is 0 Å². The number of carbonyl (C=O) groups excluding carboxylic acids is 1. The molecule has 0 unspecified atom stereocenters. The fourth-order valence-corrected chi connectivity index (χ4v) is 1.92. The van der Waals surface area contributed by atoms with Gasteiger partial charge in [-0.2, -0.15) is 0 Å². The number of aromatic carboxylic acids is 1. The number of carboxylic acids is 1. The van der Waals surface area contributed by atoms with Crippen LogP contribution >= 0.6 is 0 Å². The van der Waals surface area contributed by atoms with Gasteiger partial charge in [0.05, 0.1) is 0 Å². The van der Waals surface area contributed by atoms with Crippen LogP contribution in [-0.2, 0) is 4.74 Å². The van der Waals surface area contributed by atoms with Crippen LogP contribution in [0.5, 0.6) is 0 Å². The molecule has 6 heteroatoms. The Hall–Kier alpha value is -2.76. The molecule has 0 bridgehead atoms. The van der Waals surface area contributed by atoms with Crippen molar-refractivity contribution in [3.05, 3.63) is 41.7 Å². The van der Waals surface area contributed by atoms with Crippen molar-refractivity contribution in [3.8, 4) is 0 Å². The Morgan fingerprint density at radius 2 is 2.04 bits per heavy atom. The van der Waals surface area contributed by atoms with Gasteiger partial charge in [-0.05, 0) is 44.5 Å². The van der Waals surface area contributed by atoms with Crippen LogP contribution in [0.4, 0.5) is 4.79 Å². The van der Waals surface area contributed by atoms with E-state index in [2.05, 4.69) is 5.32 Å². The topological polar surface area (TPSA) is 88.8 Å². The monoisotopic (exact) mass is 317 g/mol. The number of furan rings is 1. The molecule has 0 aliphatic rings. The fraction of sp³-hybridized carbons (Fsp3) is 0.294. The maximum atomic E-state index is 11.5. The molecule has 0 saturated heterocycles. The van der Waals surface area contributed by atoms with E-state index in [0.717, 1.165) is 5.56 Å². The van der Waals surface area contributed by atoms with Gasteiger partial charge in [-0.25, -0.2) is 9.59 Å². The molecule has 1 amide bonds. The second-order valence-corrected chi connectivity index (χ2v) is 6.00. The summed E-state index contributed by atoms with van der Waals surface area (Å²) in [5.41, 5.74) is 0.870. The van der Waals surface area contributed by atoms with Crippen LogP contribution in [0.25, 0.3) is 17.0 Å². The van der Waals surface area contributed by atoms with Crippen LogP contribution in [-0.4, -0.2) is 29.3 Å². The van der Waals surface area contributed by atoms with Crippen LogP contribution in [0.15, 0.2) is 34.8 Å². The van der Waals surface area contributed by atoms with E-state index in [0.29, 0.717) is 17.5 Å². The number of carbonyl (C=O) groups is 2. The number of amides is 1. The highest BCUT2D eigenvalue weighted by Crippen LogP contribution is 2.21. The second kappa shape index (κ2) is 6.56. The summed E-state index contributed by atoms with van der Waals surface area (Å²) in [5, 5.41) is 12.2. The summed E-state index contributed by atoms with van der Waals surface area (Å²) in [6.07, 6.45) is 3.13. The third-order valence-electron chi connectivity index (χ3n) is 2.82. The lowest BCUT2D eigenvalue weighted by Crippen LogP contribution is -2.32. The molecule has 0 spiro atoms. The first-order chi connectivity index (χ1) is 10.7. The maximum Gasteiger partial charge on any atom is 0.407 e. The van der Waals surface area contributed by atoms with Crippen molar-refractivity contribution in [2.24, 2.45) is 0 Å². The fourth-order valence-electron chi connectivity index (χ4n) is 1.92. The number of hydrogen-bond donors (Lipinski definition) is 2. The van der Waals surface area contributed by atoms with E-state index >= 15 is 0 Å². The number of hydrogen-bond acceptors (Lipinski definition) is 4. The van der Waals surface area contributed by atoms with Crippen molar-refractivity contribution in [1.29, 1.82) is 0 Å². The standard InChI is InChI=1S/C17H19NO5/c1-17(2,3)23-16(21)18-8-4-5-11-6-7-13-12(9-11)10-14(22-13)15(19)20/h4-7,9-10H,8H2,1-3H3,(H,18,21)(H,19,20). The van der Waals surface area contributed by atoms with E-state index in [1.54, 1.807) is 39.0 Å². The summed E-state index contributed by atoms with van der Waals surface area (Å²) in [4.78, 5) is 22.3. The summed E-state index contributed by atoms with van der Waals surface area (Å²) in [6.45, 7) is 5.73. The number of rotatable bonds is 4. The lowest BCUT2D eigenvalue weighted by atomic mass is 10.1. The van der Waals surface area contributed by atoms with E-state index in [1.807, 2.05) is 12.1 Å². The SMILES string of the molecule is CC(C)(C)OC(=O)NCC=Cc1ccc2oc(C(=O)O)cc2c1.